The minimum absolute atomic E-state index is 0.364. The number of ether oxygens (including phenoxy) is 1. The van der Waals surface area contributed by atoms with Crippen LogP contribution in [0.4, 0.5) is 0 Å². The highest BCUT2D eigenvalue weighted by Gasteiger charge is 2.39. The van der Waals surface area contributed by atoms with Gasteiger partial charge in [-0.3, -0.25) is 0 Å². The van der Waals surface area contributed by atoms with Crippen LogP contribution in [0.1, 0.15) is 25.0 Å². The monoisotopic (exact) mass is 706 g/mol. The van der Waals surface area contributed by atoms with Gasteiger partial charge in [-0.1, -0.05) is 117 Å². The van der Waals surface area contributed by atoms with E-state index in [1.54, 1.807) is 0 Å². The number of fused-ring (bicyclic) bond motifs is 13. The second-order valence-electron chi connectivity index (χ2n) is 15.3. The summed E-state index contributed by atoms with van der Waals surface area (Å²) >= 11 is 0. The minimum Gasteiger partial charge on any atom is -0.456 e. The van der Waals surface area contributed by atoms with Crippen molar-refractivity contribution in [2.75, 3.05) is 0 Å². The molecule has 0 atom stereocenters. The van der Waals surface area contributed by atoms with Crippen molar-refractivity contribution >= 4 is 65.6 Å². The quantitative estimate of drug-likeness (QED) is 0.183. The summed E-state index contributed by atoms with van der Waals surface area (Å²) in [4.78, 5) is 0. The molecule has 0 aliphatic carbocycles. The number of para-hydroxylation sites is 3. The Kier molecular flexibility index (Phi) is 6.09. The number of benzene rings is 8. The van der Waals surface area contributed by atoms with Crippen LogP contribution in [-0.2, 0) is 5.41 Å². The maximum absolute atomic E-state index is 7.19. The van der Waals surface area contributed by atoms with Gasteiger partial charge in [0.2, 0.25) is 0 Å². The average molecular weight is 707 g/mol. The third kappa shape index (κ3) is 4.17. The second kappa shape index (κ2) is 11.0. The molecule has 0 spiro atoms. The zero-order valence-corrected chi connectivity index (χ0v) is 30.4. The summed E-state index contributed by atoms with van der Waals surface area (Å²) in [6.45, 7) is 4.71. The first-order valence-electron chi connectivity index (χ1n) is 18.9. The smallest absolute Gasteiger partial charge is 0.141 e. The van der Waals surface area contributed by atoms with Gasteiger partial charge in [0.05, 0.1) is 27.5 Å². The number of rotatable bonds is 3. The van der Waals surface area contributed by atoms with Crippen molar-refractivity contribution in [1.29, 1.82) is 0 Å². The molecule has 0 radical (unpaired) electrons. The van der Waals surface area contributed by atoms with Gasteiger partial charge in [0.1, 0.15) is 22.7 Å². The van der Waals surface area contributed by atoms with Crippen molar-refractivity contribution in [3.05, 3.63) is 181 Å². The third-order valence-corrected chi connectivity index (χ3v) is 12.0. The van der Waals surface area contributed by atoms with Gasteiger partial charge in [0, 0.05) is 54.8 Å². The number of aromatic nitrogens is 2. The van der Waals surface area contributed by atoms with Crippen LogP contribution < -0.4 is 4.74 Å². The maximum Gasteiger partial charge on any atom is 0.141 e. The fourth-order valence-corrected chi connectivity index (χ4v) is 9.46. The summed E-state index contributed by atoms with van der Waals surface area (Å²) < 4.78 is 18.2. The lowest BCUT2D eigenvalue weighted by Crippen LogP contribution is -2.24. The zero-order valence-electron chi connectivity index (χ0n) is 30.4. The summed E-state index contributed by atoms with van der Waals surface area (Å²) in [6, 6.07) is 60.8. The van der Waals surface area contributed by atoms with Crippen molar-refractivity contribution in [3.8, 4) is 34.0 Å². The van der Waals surface area contributed by atoms with Gasteiger partial charge in [0.25, 0.3) is 0 Å². The molecule has 1 aliphatic rings. The lowest BCUT2D eigenvalue weighted by molar-refractivity contribution is 0.426. The van der Waals surface area contributed by atoms with E-state index in [4.69, 9.17) is 9.15 Å². The molecule has 55 heavy (non-hydrogen) atoms. The van der Waals surface area contributed by atoms with Crippen molar-refractivity contribution < 1.29 is 9.15 Å². The Balaban J connectivity index is 1.06. The van der Waals surface area contributed by atoms with E-state index in [0.29, 0.717) is 0 Å². The fourth-order valence-electron chi connectivity index (χ4n) is 9.46. The summed E-state index contributed by atoms with van der Waals surface area (Å²) in [7, 11) is 0. The van der Waals surface area contributed by atoms with E-state index in [-0.39, 0.29) is 5.41 Å². The maximum atomic E-state index is 7.19. The standard InChI is InChI=1S/C51H34N2O2/c1-51(2)39-25-26-43-48(37-16-7-10-18-41(37)52(43)33-22-20-32(21-23-33)31-12-4-3-5-13-31)50(39)55-46-29-27-42-47(49(46)51)36-15-6-9-17-40(36)53(42)34-24-28-45-38(30-34)35-14-8-11-19-44(35)54-45/h3-30H,1-2H3. The number of furan rings is 1. The molecule has 4 heterocycles. The highest BCUT2D eigenvalue weighted by Crippen LogP contribution is 2.55. The Hall–Kier alpha value is -7.04. The van der Waals surface area contributed by atoms with Gasteiger partial charge in [0.15, 0.2) is 0 Å². The molecule has 0 fully saturated rings. The summed E-state index contributed by atoms with van der Waals surface area (Å²) in [6.07, 6.45) is 0. The molecule has 4 nitrogen and oxygen atoms in total. The summed E-state index contributed by atoms with van der Waals surface area (Å²) in [5, 5.41) is 7.00. The van der Waals surface area contributed by atoms with Crippen LogP contribution in [0.15, 0.2) is 174 Å². The van der Waals surface area contributed by atoms with Crippen LogP contribution >= 0.6 is 0 Å². The predicted molar refractivity (Wildman–Crippen MR) is 226 cm³/mol. The predicted octanol–water partition coefficient (Wildman–Crippen LogP) is 13.9. The lowest BCUT2D eigenvalue weighted by atomic mass is 9.73. The second-order valence-corrected chi connectivity index (χ2v) is 15.3. The molecular formula is C51H34N2O2. The largest absolute Gasteiger partial charge is 0.456 e. The Morgan fingerprint density at radius 3 is 1.80 bits per heavy atom. The van der Waals surface area contributed by atoms with Crippen LogP contribution in [-0.4, -0.2) is 9.13 Å². The van der Waals surface area contributed by atoms with Crippen LogP contribution in [0.25, 0.3) is 88.1 Å². The SMILES string of the molecule is CC1(C)c2ccc3c(c2Oc2ccc4c(c21)c1ccccc1n4-c1ccc2oc4ccccc4c2c1)c1ccccc1n3-c1ccc(-c2ccccc2)cc1. The highest BCUT2D eigenvalue weighted by molar-refractivity contribution is 6.16. The molecule has 8 aromatic carbocycles. The molecule has 4 heteroatoms. The van der Waals surface area contributed by atoms with Gasteiger partial charge < -0.3 is 18.3 Å². The van der Waals surface area contributed by atoms with Crippen molar-refractivity contribution in [2.45, 2.75) is 19.3 Å². The van der Waals surface area contributed by atoms with Gasteiger partial charge >= 0.3 is 0 Å². The van der Waals surface area contributed by atoms with E-state index in [0.717, 1.165) is 72.3 Å². The van der Waals surface area contributed by atoms with E-state index in [9.17, 15) is 0 Å². The molecule has 12 rings (SSSR count). The molecule has 0 amide bonds. The van der Waals surface area contributed by atoms with E-state index in [1.165, 1.54) is 38.4 Å². The zero-order chi connectivity index (χ0) is 36.4. The van der Waals surface area contributed by atoms with E-state index in [2.05, 4.69) is 181 Å². The molecule has 0 N–H and O–H groups in total. The Labute approximate surface area is 317 Å². The van der Waals surface area contributed by atoms with Gasteiger partial charge in [-0.15, -0.1) is 0 Å². The number of hydrogen-bond acceptors (Lipinski definition) is 2. The molecule has 11 aromatic rings. The first kappa shape index (κ1) is 30.4. The van der Waals surface area contributed by atoms with E-state index in [1.807, 2.05) is 12.1 Å². The molecule has 0 unspecified atom stereocenters. The van der Waals surface area contributed by atoms with Crippen LogP contribution in [0.3, 0.4) is 0 Å². The van der Waals surface area contributed by atoms with Crippen molar-refractivity contribution in [2.24, 2.45) is 0 Å². The van der Waals surface area contributed by atoms with E-state index < -0.39 is 0 Å². The Morgan fingerprint density at radius 1 is 0.436 bits per heavy atom. The topological polar surface area (TPSA) is 32.2 Å². The number of nitrogens with zero attached hydrogens (tertiary/aromatic N) is 2. The first-order valence-corrected chi connectivity index (χ1v) is 18.9. The van der Waals surface area contributed by atoms with E-state index >= 15 is 0 Å². The molecule has 0 saturated carbocycles. The molecule has 3 aromatic heterocycles. The molecular weight excluding hydrogens is 673 g/mol. The highest BCUT2D eigenvalue weighted by atomic mass is 16.5. The lowest BCUT2D eigenvalue weighted by Gasteiger charge is -2.35. The van der Waals surface area contributed by atoms with Crippen LogP contribution in [0.5, 0.6) is 11.5 Å². The van der Waals surface area contributed by atoms with Gasteiger partial charge in [-0.25, -0.2) is 0 Å². The van der Waals surface area contributed by atoms with Crippen LogP contribution in [0.2, 0.25) is 0 Å². The summed E-state index contributed by atoms with van der Waals surface area (Å²) in [5.74, 6) is 1.84. The molecule has 260 valence electrons. The van der Waals surface area contributed by atoms with Crippen LogP contribution in [0, 0.1) is 0 Å². The van der Waals surface area contributed by atoms with Crippen molar-refractivity contribution in [3.63, 3.8) is 0 Å². The first-order chi connectivity index (χ1) is 27.0. The van der Waals surface area contributed by atoms with Crippen molar-refractivity contribution in [1.82, 2.24) is 9.13 Å². The van der Waals surface area contributed by atoms with Gasteiger partial charge in [-0.05, 0) is 77.9 Å². The minimum atomic E-state index is -0.364. The third-order valence-electron chi connectivity index (χ3n) is 12.0. The average Bonchev–Trinajstić information content (AvgIpc) is 3.88. The molecule has 0 bridgehead atoms. The molecule has 1 aliphatic heterocycles. The summed E-state index contributed by atoms with van der Waals surface area (Å²) in [5.41, 5.74) is 13.1. The normalized spacial score (nSPS) is 13.6. The fraction of sp³-hybridized carbons (Fsp3) is 0.0588. The Morgan fingerprint density at radius 2 is 1.02 bits per heavy atom. The molecule has 0 saturated heterocycles. The van der Waals surface area contributed by atoms with Gasteiger partial charge in [-0.2, -0.15) is 0 Å². The number of hydrogen-bond donors (Lipinski definition) is 0. The Bertz CT molecular complexity index is 3360.